The molecule has 0 unspecified atom stereocenters. The zero-order valence-electron chi connectivity index (χ0n) is 15.6. The fourth-order valence-electron chi connectivity index (χ4n) is 3.27. The molecular formula is C21H23NO6. The fourth-order valence-corrected chi connectivity index (χ4v) is 3.27. The van der Waals surface area contributed by atoms with E-state index in [1.807, 2.05) is 31.2 Å². The summed E-state index contributed by atoms with van der Waals surface area (Å²) in [5.41, 5.74) is 1.83. The van der Waals surface area contributed by atoms with E-state index in [0.717, 1.165) is 12.0 Å². The number of hydrogen-bond acceptors (Lipinski definition) is 6. The van der Waals surface area contributed by atoms with Gasteiger partial charge in [0.05, 0.1) is 37.7 Å². The first-order chi connectivity index (χ1) is 13.6. The number of benzene rings is 1. The third-order valence-corrected chi connectivity index (χ3v) is 4.71. The van der Waals surface area contributed by atoms with Gasteiger partial charge in [0.15, 0.2) is 11.5 Å². The number of Topliss-reactive ketones (excluding diaryl/α,β-unsaturated/α-hetero) is 1. The van der Waals surface area contributed by atoms with Crippen molar-refractivity contribution in [3.63, 3.8) is 0 Å². The van der Waals surface area contributed by atoms with Crippen LogP contribution in [0.25, 0.3) is 0 Å². The van der Waals surface area contributed by atoms with Crippen molar-refractivity contribution in [1.29, 1.82) is 0 Å². The van der Waals surface area contributed by atoms with E-state index in [1.165, 1.54) is 17.2 Å². The Morgan fingerprint density at radius 1 is 1.21 bits per heavy atom. The third kappa shape index (κ3) is 3.85. The molecule has 148 valence electrons. The number of nitrogens with zero attached hydrogens (tertiary/aromatic N) is 1. The highest BCUT2D eigenvalue weighted by Gasteiger charge is 2.44. The molecule has 2 heterocycles. The standard InChI is InChI=1S/C21H23NO6/c1-2-14-5-7-15(8-6-14)18-17(19(24)16-4-3-11-28-16)20(25)21(26)22(18)9-12-27-13-10-23/h3-8,11,18,23,25H,2,9-10,12-13H2,1H3/t18-/m0/s1. The molecule has 28 heavy (non-hydrogen) atoms. The predicted octanol–water partition coefficient (Wildman–Crippen LogP) is 2.43. The van der Waals surface area contributed by atoms with Gasteiger partial charge in [-0.3, -0.25) is 9.59 Å². The second-order valence-electron chi connectivity index (χ2n) is 6.40. The van der Waals surface area contributed by atoms with Crippen LogP contribution in [0.1, 0.15) is 34.6 Å². The van der Waals surface area contributed by atoms with Crippen LogP contribution in [0.2, 0.25) is 0 Å². The van der Waals surface area contributed by atoms with E-state index in [4.69, 9.17) is 14.3 Å². The largest absolute Gasteiger partial charge is 0.503 e. The summed E-state index contributed by atoms with van der Waals surface area (Å²) in [6.07, 6.45) is 2.23. The number of carbonyl (C=O) groups is 2. The van der Waals surface area contributed by atoms with Gasteiger partial charge in [-0.2, -0.15) is 0 Å². The van der Waals surface area contributed by atoms with Crippen molar-refractivity contribution in [2.24, 2.45) is 0 Å². The molecule has 3 rings (SSSR count). The number of ketones is 1. The van der Waals surface area contributed by atoms with Gasteiger partial charge in [-0.25, -0.2) is 0 Å². The van der Waals surface area contributed by atoms with Gasteiger partial charge in [0.25, 0.3) is 5.91 Å². The highest BCUT2D eigenvalue weighted by atomic mass is 16.5. The molecule has 1 amide bonds. The second-order valence-corrected chi connectivity index (χ2v) is 6.40. The van der Waals surface area contributed by atoms with Crippen LogP contribution in [-0.2, 0) is 16.0 Å². The minimum absolute atomic E-state index is 0.00800. The van der Waals surface area contributed by atoms with Gasteiger partial charge in [0.1, 0.15) is 0 Å². The SMILES string of the molecule is CCc1ccc([C@H]2C(C(=O)c3ccco3)=C(O)C(=O)N2CCOCCO)cc1. The molecule has 2 N–H and O–H groups in total. The summed E-state index contributed by atoms with van der Waals surface area (Å²) < 4.78 is 10.5. The number of aryl methyl sites for hydroxylation is 1. The molecule has 1 aliphatic heterocycles. The molecule has 0 bridgehead atoms. The van der Waals surface area contributed by atoms with Crippen molar-refractivity contribution in [2.75, 3.05) is 26.4 Å². The average molecular weight is 385 g/mol. The highest BCUT2D eigenvalue weighted by Crippen LogP contribution is 2.38. The van der Waals surface area contributed by atoms with E-state index in [1.54, 1.807) is 6.07 Å². The maximum Gasteiger partial charge on any atom is 0.290 e. The number of aliphatic hydroxyl groups is 2. The van der Waals surface area contributed by atoms with Crippen LogP contribution in [0.4, 0.5) is 0 Å². The lowest BCUT2D eigenvalue weighted by molar-refractivity contribution is -0.130. The number of furan rings is 1. The molecule has 0 spiro atoms. The minimum atomic E-state index is -0.742. The third-order valence-electron chi connectivity index (χ3n) is 4.71. The number of aliphatic hydroxyl groups excluding tert-OH is 2. The summed E-state index contributed by atoms with van der Waals surface area (Å²) in [7, 11) is 0. The Labute approximate surface area is 162 Å². The molecule has 0 saturated carbocycles. The first kappa shape index (κ1) is 19.9. The van der Waals surface area contributed by atoms with Crippen LogP contribution in [0.15, 0.2) is 58.4 Å². The average Bonchev–Trinajstić information content (AvgIpc) is 3.33. The van der Waals surface area contributed by atoms with Crippen LogP contribution in [0.5, 0.6) is 0 Å². The molecule has 0 fully saturated rings. The Kier molecular flexibility index (Phi) is 6.28. The van der Waals surface area contributed by atoms with Gasteiger partial charge in [0.2, 0.25) is 5.78 Å². The van der Waals surface area contributed by atoms with Gasteiger partial charge >= 0.3 is 0 Å². The van der Waals surface area contributed by atoms with Crippen molar-refractivity contribution >= 4 is 11.7 Å². The predicted molar refractivity (Wildman–Crippen MR) is 101 cm³/mol. The molecule has 0 radical (unpaired) electrons. The van der Waals surface area contributed by atoms with Crippen molar-refractivity contribution in [3.05, 3.63) is 70.9 Å². The van der Waals surface area contributed by atoms with E-state index >= 15 is 0 Å². The van der Waals surface area contributed by atoms with Gasteiger partial charge in [-0.1, -0.05) is 31.2 Å². The fraction of sp³-hybridized carbons (Fsp3) is 0.333. The first-order valence-electron chi connectivity index (χ1n) is 9.18. The lowest BCUT2D eigenvalue weighted by Crippen LogP contribution is -2.34. The van der Waals surface area contributed by atoms with E-state index in [2.05, 4.69) is 0 Å². The van der Waals surface area contributed by atoms with E-state index < -0.39 is 23.5 Å². The summed E-state index contributed by atoms with van der Waals surface area (Å²) in [5, 5.41) is 19.3. The summed E-state index contributed by atoms with van der Waals surface area (Å²) in [6, 6.07) is 9.91. The Hall–Kier alpha value is -2.90. The van der Waals surface area contributed by atoms with Crippen LogP contribution in [0, 0.1) is 0 Å². The molecule has 1 aliphatic rings. The number of carbonyl (C=O) groups excluding carboxylic acids is 2. The number of hydrogen-bond donors (Lipinski definition) is 2. The lowest BCUT2D eigenvalue weighted by atomic mass is 9.94. The zero-order valence-corrected chi connectivity index (χ0v) is 15.6. The molecule has 0 aliphatic carbocycles. The first-order valence-corrected chi connectivity index (χ1v) is 9.18. The summed E-state index contributed by atoms with van der Waals surface area (Å²) in [4.78, 5) is 27.0. The van der Waals surface area contributed by atoms with Crippen LogP contribution >= 0.6 is 0 Å². The molecule has 1 aromatic heterocycles. The lowest BCUT2D eigenvalue weighted by Gasteiger charge is -2.26. The summed E-state index contributed by atoms with van der Waals surface area (Å²) in [6.45, 7) is 2.40. The number of amides is 1. The van der Waals surface area contributed by atoms with Gasteiger partial charge in [-0.15, -0.1) is 0 Å². The maximum atomic E-state index is 12.9. The Balaban J connectivity index is 1.96. The number of rotatable bonds is 9. The smallest absolute Gasteiger partial charge is 0.290 e. The Morgan fingerprint density at radius 2 is 1.96 bits per heavy atom. The Morgan fingerprint density at radius 3 is 2.57 bits per heavy atom. The van der Waals surface area contributed by atoms with E-state index in [-0.39, 0.29) is 37.7 Å². The molecule has 7 nitrogen and oxygen atoms in total. The molecule has 2 aromatic rings. The van der Waals surface area contributed by atoms with Crippen LogP contribution < -0.4 is 0 Å². The molecular weight excluding hydrogens is 362 g/mol. The zero-order chi connectivity index (χ0) is 20.1. The van der Waals surface area contributed by atoms with Crippen molar-refractivity contribution < 1.29 is 29.0 Å². The van der Waals surface area contributed by atoms with Gasteiger partial charge in [-0.05, 0) is 29.7 Å². The molecule has 1 atom stereocenters. The van der Waals surface area contributed by atoms with Crippen molar-refractivity contribution in [3.8, 4) is 0 Å². The van der Waals surface area contributed by atoms with Gasteiger partial charge in [0, 0.05) is 6.54 Å². The van der Waals surface area contributed by atoms with Crippen molar-refractivity contribution in [2.45, 2.75) is 19.4 Å². The minimum Gasteiger partial charge on any atom is -0.503 e. The maximum absolute atomic E-state index is 12.9. The van der Waals surface area contributed by atoms with Crippen LogP contribution in [-0.4, -0.2) is 53.2 Å². The monoisotopic (exact) mass is 385 g/mol. The van der Waals surface area contributed by atoms with Crippen LogP contribution in [0.3, 0.4) is 0 Å². The summed E-state index contributed by atoms with van der Waals surface area (Å²) in [5.74, 6) is -1.68. The van der Waals surface area contributed by atoms with E-state index in [0.29, 0.717) is 5.56 Å². The highest BCUT2D eigenvalue weighted by molar-refractivity contribution is 6.15. The summed E-state index contributed by atoms with van der Waals surface area (Å²) >= 11 is 0. The van der Waals surface area contributed by atoms with E-state index in [9.17, 15) is 14.7 Å². The second kappa shape index (κ2) is 8.86. The van der Waals surface area contributed by atoms with Gasteiger partial charge < -0.3 is 24.3 Å². The quantitative estimate of drug-likeness (QED) is 0.508. The molecule has 1 aromatic carbocycles. The Bertz CT molecular complexity index is 854. The number of ether oxygens (including phenoxy) is 1. The van der Waals surface area contributed by atoms with Crippen molar-refractivity contribution in [1.82, 2.24) is 4.90 Å². The topological polar surface area (TPSA) is 100 Å². The molecule has 0 saturated heterocycles. The normalized spacial score (nSPS) is 16.9. The molecule has 7 heteroatoms.